The van der Waals surface area contributed by atoms with Gasteiger partial charge in [-0.2, -0.15) is 0 Å². The lowest BCUT2D eigenvalue weighted by molar-refractivity contribution is -0.0485. The molecule has 22 heavy (non-hydrogen) atoms. The predicted molar refractivity (Wildman–Crippen MR) is 86.6 cm³/mol. The van der Waals surface area contributed by atoms with Crippen LogP contribution in [0.1, 0.15) is 31.2 Å². The third kappa shape index (κ3) is 2.68. The Morgan fingerprint density at radius 2 is 2.00 bits per heavy atom. The van der Waals surface area contributed by atoms with Gasteiger partial charge in [0.1, 0.15) is 0 Å². The molecule has 0 spiro atoms. The molecule has 120 valence electrons. The van der Waals surface area contributed by atoms with Crippen molar-refractivity contribution < 1.29 is 4.74 Å². The van der Waals surface area contributed by atoms with Gasteiger partial charge in [0, 0.05) is 63.7 Å². The molecule has 3 atom stereocenters. The van der Waals surface area contributed by atoms with Crippen LogP contribution in [0, 0.1) is 5.92 Å². The van der Waals surface area contributed by atoms with Crippen LogP contribution >= 0.6 is 0 Å². The summed E-state index contributed by atoms with van der Waals surface area (Å²) in [6.45, 7) is 4.65. The molecule has 0 aromatic carbocycles. The number of likely N-dealkylation sites (tertiary alicyclic amines) is 2. The number of fused-ring (bicyclic) bond motifs is 1. The molecule has 0 amide bonds. The van der Waals surface area contributed by atoms with Crippen molar-refractivity contribution in [1.29, 1.82) is 0 Å². The first-order valence-electron chi connectivity index (χ1n) is 8.75. The van der Waals surface area contributed by atoms with E-state index in [-0.39, 0.29) is 0 Å². The number of ether oxygens (including phenoxy) is 1. The molecule has 1 aliphatic carbocycles. The number of aromatic nitrogens is 1. The van der Waals surface area contributed by atoms with Gasteiger partial charge in [-0.15, -0.1) is 0 Å². The molecule has 0 bridgehead atoms. The number of methoxy groups -OCH3 is 1. The van der Waals surface area contributed by atoms with E-state index in [4.69, 9.17) is 4.74 Å². The second-order valence-electron chi connectivity index (χ2n) is 7.17. The molecule has 4 nitrogen and oxygen atoms in total. The third-order valence-electron chi connectivity index (χ3n) is 5.99. The smallest absolute Gasteiger partial charge is 0.0639 e. The van der Waals surface area contributed by atoms with E-state index in [1.165, 1.54) is 50.9 Å². The van der Waals surface area contributed by atoms with Crippen molar-refractivity contribution in [2.24, 2.45) is 5.92 Å². The first-order chi connectivity index (χ1) is 10.8. The number of pyridine rings is 1. The van der Waals surface area contributed by atoms with Gasteiger partial charge in [0.25, 0.3) is 0 Å². The minimum atomic E-state index is 0.448. The van der Waals surface area contributed by atoms with Gasteiger partial charge in [0.2, 0.25) is 0 Å². The van der Waals surface area contributed by atoms with Crippen molar-refractivity contribution in [3.63, 3.8) is 0 Å². The minimum Gasteiger partial charge on any atom is -0.381 e. The Morgan fingerprint density at radius 1 is 1.18 bits per heavy atom. The van der Waals surface area contributed by atoms with E-state index in [0.717, 1.165) is 12.6 Å². The molecule has 4 rings (SSSR count). The topological polar surface area (TPSA) is 28.6 Å². The number of piperidine rings is 1. The largest absolute Gasteiger partial charge is 0.381 e. The second-order valence-corrected chi connectivity index (χ2v) is 7.17. The molecule has 1 aromatic heterocycles. The molecule has 3 aliphatic rings. The maximum atomic E-state index is 5.82. The number of nitrogens with zero attached hydrogens (tertiary/aromatic N) is 3. The Labute approximate surface area is 133 Å². The van der Waals surface area contributed by atoms with Gasteiger partial charge >= 0.3 is 0 Å². The van der Waals surface area contributed by atoms with Gasteiger partial charge < -0.3 is 4.74 Å². The van der Waals surface area contributed by atoms with Crippen molar-refractivity contribution >= 4 is 0 Å². The first-order valence-corrected chi connectivity index (χ1v) is 8.75. The van der Waals surface area contributed by atoms with Crippen LogP contribution in [-0.2, 0) is 11.3 Å². The summed E-state index contributed by atoms with van der Waals surface area (Å²) < 4.78 is 5.82. The van der Waals surface area contributed by atoms with Gasteiger partial charge in [-0.25, -0.2) is 0 Å². The minimum absolute atomic E-state index is 0.448. The Kier molecular flexibility index (Phi) is 4.16. The summed E-state index contributed by atoms with van der Waals surface area (Å²) in [6, 6.07) is 5.83. The predicted octanol–water partition coefficient (Wildman–Crippen LogP) is 2.16. The van der Waals surface area contributed by atoms with Crippen LogP contribution in [0.25, 0.3) is 0 Å². The molecule has 1 saturated carbocycles. The molecule has 4 heteroatoms. The standard InChI is InChI=1S/C18H27N3O/c1-22-18-7-10-21(15-3-2-4-15)17-13-20(12-16(17)18)11-14-5-8-19-9-6-14/h5-6,8-9,15-18H,2-4,7,10-13H2,1H3/t16-,17+,18-/m1/s1. The highest BCUT2D eigenvalue weighted by molar-refractivity contribution is 5.11. The van der Waals surface area contributed by atoms with Gasteiger partial charge in [-0.3, -0.25) is 14.8 Å². The Balaban J connectivity index is 1.47. The number of hydrogen-bond acceptors (Lipinski definition) is 4. The quantitative estimate of drug-likeness (QED) is 0.852. The summed E-state index contributed by atoms with van der Waals surface area (Å²) in [5, 5.41) is 0. The fourth-order valence-corrected chi connectivity index (χ4v) is 4.61. The highest BCUT2D eigenvalue weighted by Gasteiger charge is 2.46. The first kappa shape index (κ1) is 14.6. The molecule has 3 heterocycles. The monoisotopic (exact) mass is 301 g/mol. The molecule has 2 aliphatic heterocycles. The van der Waals surface area contributed by atoms with E-state index in [0.29, 0.717) is 18.1 Å². The van der Waals surface area contributed by atoms with Crippen molar-refractivity contribution in [2.75, 3.05) is 26.7 Å². The van der Waals surface area contributed by atoms with Crippen molar-refractivity contribution in [2.45, 2.75) is 50.4 Å². The van der Waals surface area contributed by atoms with Crippen LogP contribution in [0.15, 0.2) is 24.5 Å². The Morgan fingerprint density at radius 3 is 2.68 bits per heavy atom. The molecule has 0 N–H and O–H groups in total. The average Bonchev–Trinajstić information content (AvgIpc) is 2.90. The van der Waals surface area contributed by atoms with Crippen molar-refractivity contribution in [3.8, 4) is 0 Å². The van der Waals surface area contributed by atoms with Gasteiger partial charge in [0.15, 0.2) is 0 Å². The fraction of sp³-hybridized carbons (Fsp3) is 0.722. The van der Waals surface area contributed by atoms with Crippen LogP contribution in [0.3, 0.4) is 0 Å². The molecule has 0 unspecified atom stereocenters. The van der Waals surface area contributed by atoms with E-state index in [9.17, 15) is 0 Å². The summed E-state index contributed by atoms with van der Waals surface area (Å²) in [4.78, 5) is 9.56. The lowest BCUT2D eigenvalue weighted by Crippen LogP contribution is -2.56. The summed E-state index contributed by atoms with van der Waals surface area (Å²) in [7, 11) is 1.90. The number of rotatable bonds is 4. The van der Waals surface area contributed by atoms with Gasteiger partial charge in [0.05, 0.1) is 6.10 Å². The molecule has 0 radical (unpaired) electrons. The lowest BCUT2D eigenvalue weighted by atomic mass is 9.83. The van der Waals surface area contributed by atoms with Gasteiger partial charge in [-0.1, -0.05) is 6.42 Å². The third-order valence-corrected chi connectivity index (χ3v) is 5.99. The Bertz CT molecular complexity index is 490. The maximum absolute atomic E-state index is 5.82. The second kappa shape index (κ2) is 6.26. The van der Waals surface area contributed by atoms with E-state index < -0.39 is 0 Å². The van der Waals surface area contributed by atoms with Crippen LogP contribution in [0.2, 0.25) is 0 Å². The molecule has 3 fully saturated rings. The summed E-state index contributed by atoms with van der Waals surface area (Å²) >= 11 is 0. The fourth-order valence-electron chi connectivity index (χ4n) is 4.61. The lowest BCUT2D eigenvalue weighted by Gasteiger charge is -2.48. The average molecular weight is 301 g/mol. The van der Waals surface area contributed by atoms with E-state index in [1.54, 1.807) is 0 Å². The van der Waals surface area contributed by atoms with Crippen molar-refractivity contribution in [1.82, 2.24) is 14.8 Å². The van der Waals surface area contributed by atoms with Crippen LogP contribution in [-0.4, -0.2) is 59.7 Å². The van der Waals surface area contributed by atoms with Crippen LogP contribution < -0.4 is 0 Å². The van der Waals surface area contributed by atoms with E-state index in [2.05, 4.69) is 26.9 Å². The van der Waals surface area contributed by atoms with E-state index in [1.807, 2.05) is 19.5 Å². The highest BCUT2D eigenvalue weighted by Crippen LogP contribution is 2.38. The normalized spacial score (nSPS) is 33.6. The van der Waals surface area contributed by atoms with Crippen molar-refractivity contribution in [3.05, 3.63) is 30.1 Å². The maximum Gasteiger partial charge on any atom is 0.0639 e. The highest BCUT2D eigenvalue weighted by atomic mass is 16.5. The zero-order valence-corrected chi connectivity index (χ0v) is 13.5. The summed E-state index contributed by atoms with van der Waals surface area (Å²) in [6.07, 6.45) is 9.69. The van der Waals surface area contributed by atoms with E-state index >= 15 is 0 Å². The SMILES string of the molecule is CO[C@@H]1CCN(C2CCC2)[C@H]2CN(Cc3ccncc3)C[C@@H]12. The summed E-state index contributed by atoms with van der Waals surface area (Å²) in [5.74, 6) is 0.682. The Hall–Kier alpha value is -0.970. The zero-order valence-electron chi connectivity index (χ0n) is 13.5. The molecule has 2 saturated heterocycles. The summed E-state index contributed by atoms with van der Waals surface area (Å²) in [5.41, 5.74) is 1.37. The molecule has 1 aromatic rings. The number of hydrogen-bond donors (Lipinski definition) is 0. The van der Waals surface area contributed by atoms with Gasteiger partial charge in [-0.05, 0) is 37.0 Å². The molecular weight excluding hydrogens is 274 g/mol. The zero-order chi connectivity index (χ0) is 14.9. The van der Waals surface area contributed by atoms with Crippen LogP contribution in [0.5, 0.6) is 0 Å². The van der Waals surface area contributed by atoms with Crippen LogP contribution in [0.4, 0.5) is 0 Å². The molecular formula is C18H27N3O.